The molecule has 1 N–H and O–H groups in total. The Bertz CT molecular complexity index is 248. The molecule has 0 radical (unpaired) electrons. The predicted molar refractivity (Wildman–Crippen MR) is 53.4 cm³/mol. The molecule has 1 heterocycles. The number of rotatable bonds is 3. The highest BCUT2D eigenvalue weighted by Gasteiger charge is 2.29. The summed E-state index contributed by atoms with van der Waals surface area (Å²) in [6.45, 7) is 2.69. The van der Waals surface area contributed by atoms with Crippen molar-refractivity contribution in [2.75, 3.05) is 20.3 Å². The Kier molecular flexibility index (Phi) is 4.08. The van der Waals surface area contributed by atoms with Crippen LogP contribution in [0, 0.1) is 5.92 Å². The van der Waals surface area contributed by atoms with Gasteiger partial charge in [-0.15, -0.1) is 0 Å². The van der Waals surface area contributed by atoms with Crippen molar-refractivity contribution in [1.29, 1.82) is 0 Å². The Morgan fingerprint density at radius 3 is 2.40 bits per heavy atom. The number of carbonyl (C=O) groups is 2. The number of carboxylic acid groups (broad SMARTS) is 1. The molecule has 0 spiro atoms. The summed E-state index contributed by atoms with van der Waals surface area (Å²) in [5, 5.41) is 8.78. The van der Waals surface area contributed by atoms with Gasteiger partial charge in [0.25, 0.3) is 0 Å². The van der Waals surface area contributed by atoms with Gasteiger partial charge in [-0.2, -0.15) is 0 Å². The van der Waals surface area contributed by atoms with Crippen LogP contribution in [0.1, 0.15) is 19.8 Å². The fraction of sp³-hybridized carbons (Fsp3) is 0.800. The van der Waals surface area contributed by atoms with E-state index in [1.807, 2.05) is 0 Å². The number of hydrogen-bond donors (Lipinski definition) is 1. The van der Waals surface area contributed by atoms with Crippen molar-refractivity contribution in [3.63, 3.8) is 0 Å². The van der Waals surface area contributed by atoms with Gasteiger partial charge in [0.05, 0.1) is 0 Å². The van der Waals surface area contributed by atoms with E-state index in [0.717, 1.165) is 0 Å². The minimum Gasteiger partial charge on any atom is -0.480 e. The standard InChI is InChI=1S/C10H17NO4/c1-7(10(13)14)11(2)9(12)8-3-5-15-6-4-8/h7-8H,3-6H2,1-2H3,(H,13,14). The highest BCUT2D eigenvalue weighted by molar-refractivity contribution is 5.84. The summed E-state index contributed by atoms with van der Waals surface area (Å²) >= 11 is 0. The molecule has 15 heavy (non-hydrogen) atoms. The van der Waals surface area contributed by atoms with Crippen molar-refractivity contribution >= 4 is 11.9 Å². The SMILES string of the molecule is CC(C(=O)O)N(C)C(=O)C1CCOCC1. The second-order valence-electron chi connectivity index (χ2n) is 3.85. The van der Waals surface area contributed by atoms with Crippen LogP contribution in [0.4, 0.5) is 0 Å². The fourth-order valence-corrected chi connectivity index (χ4v) is 1.59. The van der Waals surface area contributed by atoms with E-state index in [2.05, 4.69) is 0 Å². The van der Waals surface area contributed by atoms with E-state index in [4.69, 9.17) is 9.84 Å². The first-order valence-corrected chi connectivity index (χ1v) is 5.11. The van der Waals surface area contributed by atoms with Crippen LogP contribution in [0.15, 0.2) is 0 Å². The first kappa shape index (κ1) is 12.0. The lowest BCUT2D eigenvalue weighted by Crippen LogP contribution is -2.44. The van der Waals surface area contributed by atoms with Crippen molar-refractivity contribution in [2.24, 2.45) is 5.92 Å². The van der Waals surface area contributed by atoms with Gasteiger partial charge in [-0.25, -0.2) is 4.79 Å². The lowest BCUT2D eigenvalue weighted by molar-refractivity contribution is -0.151. The number of amides is 1. The molecule has 1 fully saturated rings. The van der Waals surface area contributed by atoms with E-state index in [0.29, 0.717) is 26.1 Å². The number of likely N-dealkylation sites (N-methyl/N-ethyl adjacent to an activating group) is 1. The third-order valence-electron chi connectivity index (χ3n) is 2.86. The van der Waals surface area contributed by atoms with E-state index in [1.54, 1.807) is 0 Å². The molecule has 0 saturated carbocycles. The van der Waals surface area contributed by atoms with Crippen LogP contribution >= 0.6 is 0 Å². The van der Waals surface area contributed by atoms with Gasteiger partial charge < -0.3 is 14.7 Å². The van der Waals surface area contributed by atoms with Crippen LogP contribution in [-0.2, 0) is 14.3 Å². The van der Waals surface area contributed by atoms with Gasteiger partial charge >= 0.3 is 5.97 Å². The fourth-order valence-electron chi connectivity index (χ4n) is 1.59. The van der Waals surface area contributed by atoms with E-state index in [-0.39, 0.29) is 11.8 Å². The van der Waals surface area contributed by atoms with Crippen LogP contribution in [0.3, 0.4) is 0 Å². The molecule has 1 saturated heterocycles. The Morgan fingerprint density at radius 2 is 1.93 bits per heavy atom. The van der Waals surface area contributed by atoms with Gasteiger partial charge in [0, 0.05) is 26.2 Å². The van der Waals surface area contributed by atoms with E-state index in [1.165, 1.54) is 18.9 Å². The van der Waals surface area contributed by atoms with Gasteiger partial charge in [-0.1, -0.05) is 0 Å². The Morgan fingerprint density at radius 1 is 1.40 bits per heavy atom. The highest BCUT2D eigenvalue weighted by Crippen LogP contribution is 2.18. The minimum absolute atomic E-state index is 0.0782. The molecule has 1 rings (SSSR count). The second-order valence-corrected chi connectivity index (χ2v) is 3.85. The van der Waals surface area contributed by atoms with Crippen LogP contribution in [0.5, 0.6) is 0 Å². The van der Waals surface area contributed by atoms with Gasteiger partial charge in [-0.05, 0) is 19.8 Å². The predicted octanol–water partition coefficient (Wildman–Crippen LogP) is 0.345. The zero-order valence-electron chi connectivity index (χ0n) is 9.10. The summed E-state index contributed by atoms with van der Waals surface area (Å²) < 4.78 is 5.15. The third-order valence-corrected chi connectivity index (χ3v) is 2.86. The maximum absolute atomic E-state index is 11.9. The Balaban J connectivity index is 2.54. The maximum Gasteiger partial charge on any atom is 0.326 e. The average Bonchev–Trinajstić information content (AvgIpc) is 2.27. The molecule has 0 aromatic heterocycles. The molecule has 0 aromatic carbocycles. The highest BCUT2D eigenvalue weighted by atomic mass is 16.5. The minimum atomic E-state index is -0.974. The molecular formula is C10H17NO4. The summed E-state index contributed by atoms with van der Waals surface area (Å²) in [4.78, 5) is 23.9. The van der Waals surface area contributed by atoms with Crippen molar-refractivity contribution in [3.05, 3.63) is 0 Å². The molecule has 0 aromatic rings. The molecule has 1 unspecified atom stereocenters. The number of ether oxygens (including phenoxy) is 1. The molecule has 5 heteroatoms. The van der Waals surface area contributed by atoms with Gasteiger partial charge in [0.15, 0.2) is 0 Å². The van der Waals surface area contributed by atoms with Crippen LogP contribution in [0.2, 0.25) is 0 Å². The zero-order chi connectivity index (χ0) is 11.4. The summed E-state index contributed by atoms with van der Waals surface area (Å²) in [5.41, 5.74) is 0. The molecule has 1 atom stereocenters. The van der Waals surface area contributed by atoms with Crippen LogP contribution in [-0.4, -0.2) is 48.2 Å². The average molecular weight is 215 g/mol. The molecule has 86 valence electrons. The molecule has 0 bridgehead atoms. The Hall–Kier alpha value is -1.10. The smallest absolute Gasteiger partial charge is 0.326 e. The topological polar surface area (TPSA) is 66.8 Å². The van der Waals surface area contributed by atoms with Crippen LogP contribution < -0.4 is 0 Å². The number of aliphatic carboxylic acids is 1. The molecular weight excluding hydrogens is 198 g/mol. The molecule has 0 aliphatic carbocycles. The first-order chi connectivity index (χ1) is 7.04. The largest absolute Gasteiger partial charge is 0.480 e. The number of nitrogens with zero attached hydrogens (tertiary/aromatic N) is 1. The summed E-state index contributed by atoms with van der Waals surface area (Å²) in [6, 6.07) is -0.764. The zero-order valence-corrected chi connectivity index (χ0v) is 9.10. The monoisotopic (exact) mass is 215 g/mol. The number of carbonyl (C=O) groups excluding carboxylic acids is 1. The maximum atomic E-state index is 11.9. The van der Waals surface area contributed by atoms with E-state index >= 15 is 0 Å². The third kappa shape index (κ3) is 2.92. The van der Waals surface area contributed by atoms with Gasteiger partial charge in [0.2, 0.25) is 5.91 Å². The van der Waals surface area contributed by atoms with E-state index < -0.39 is 12.0 Å². The molecule has 1 amide bonds. The quantitative estimate of drug-likeness (QED) is 0.737. The van der Waals surface area contributed by atoms with E-state index in [9.17, 15) is 9.59 Å². The molecule has 1 aliphatic heterocycles. The second kappa shape index (κ2) is 5.11. The normalized spacial score (nSPS) is 19.6. The summed E-state index contributed by atoms with van der Waals surface area (Å²) in [7, 11) is 1.54. The van der Waals surface area contributed by atoms with Crippen molar-refractivity contribution < 1.29 is 19.4 Å². The van der Waals surface area contributed by atoms with Gasteiger partial charge in [-0.3, -0.25) is 4.79 Å². The molecule has 1 aliphatic rings. The summed E-state index contributed by atoms with van der Waals surface area (Å²) in [6.07, 6.45) is 1.38. The molecule has 5 nitrogen and oxygen atoms in total. The van der Waals surface area contributed by atoms with Crippen molar-refractivity contribution in [1.82, 2.24) is 4.90 Å². The van der Waals surface area contributed by atoms with Crippen molar-refractivity contribution in [2.45, 2.75) is 25.8 Å². The number of hydrogen-bond acceptors (Lipinski definition) is 3. The Labute approximate surface area is 89.0 Å². The first-order valence-electron chi connectivity index (χ1n) is 5.11. The lowest BCUT2D eigenvalue weighted by atomic mass is 9.98. The van der Waals surface area contributed by atoms with Crippen LogP contribution in [0.25, 0.3) is 0 Å². The number of carboxylic acids is 1. The van der Waals surface area contributed by atoms with Crippen molar-refractivity contribution in [3.8, 4) is 0 Å². The summed E-state index contributed by atoms with van der Waals surface area (Å²) in [5.74, 6) is -1.14. The lowest BCUT2D eigenvalue weighted by Gasteiger charge is -2.28. The van der Waals surface area contributed by atoms with Gasteiger partial charge in [0.1, 0.15) is 6.04 Å².